The summed E-state index contributed by atoms with van der Waals surface area (Å²) < 4.78 is 5.56. The van der Waals surface area contributed by atoms with Crippen molar-refractivity contribution in [3.05, 3.63) is 46.1 Å². The van der Waals surface area contributed by atoms with Gasteiger partial charge in [0.05, 0.1) is 12.6 Å². The highest BCUT2D eigenvalue weighted by atomic mass is 35.5. The Hall–Kier alpha value is -1.69. The molecule has 1 aromatic carbocycles. The van der Waals surface area contributed by atoms with Gasteiger partial charge >= 0.3 is 0 Å². The van der Waals surface area contributed by atoms with Crippen molar-refractivity contribution in [1.29, 1.82) is 0 Å². The third-order valence-electron chi connectivity index (χ3n) is 3.52. The SMILES string of the molecule is C[C@@H]1NN(C2=C(Cl)C(=O)c3ccccc3C2=O)C[C@H](C)O1. The second-order valence-electron chi connectivity index (χ2n) is 5.20. The number of ketones is 2. The molecule has 1 N–H and O–H groups in total. The van der Waals surface area contributed by atoms with Gasteiger partial charge in [-0.1, -0.05) is 35.9 Å². The van der Waals surface area contributed by atoms with Gasteiger partial charge in [-0.05, 0) is 13.8 Å². The van der Waals surface area contributed by atoms with Crippen LogP contribution in [0.2, 0.25) is 0 Å². The van der Waals surface area contributed by atoms with E-state index >= 15 is 0 Å². The number of carbonyl (C=O) groups excluding carboxylic acids is 2. The van der Waals surface area contributed by atoms with Gasteiger partial charge in [0.1, 0.15) is 17.0 Å². The molecule has 0 unspecified atom stereocenters. The van der Waals surface area contributed by atoms with Crippen LogP contribution in [0.15, 0.2) is 35.0 Å². The molecule has 2 atom stereocenters. The number of rotatable bonds is 1. The largest absolute Gasteiger partial charge is 0.357 e. The first-order valence-electron chi connectivity index (χ1n) is 6.76. The first-order valence-corrected chi connectivity index (χ1v) is 7.14. The highest BCUT2D eigenvalue weighted by molar-refractivity contribution is 6.49. The van der Waals surface area contributed by atoms with Crippen molar-refractivity contribution in [3.63, 3.8) is 0 Å². The van der Waals surface area contributed by atoms with Gasteiger partial charge in [0.15, 0.2) is 0 Å². The molecule has 0 aromatic heterocycles. The van der Waals surface area contributed by atoms with Crippen molar-refractivity contribution in [2.45, 2.75) is 26.2 Å². The lowest BCUT2D eigenvalue weighted by atomic mass is 9.92. The number of Topliss-reactive ketones (excluding diaryl/α,β-unsaturated/α-hetero) is 2. The highest BCUT2D eigenvalue weighted by Gasteiger charge is 2.36. The fraction of sp³-hybridized carbons (Fsp3) is 0.333. The molecule has 5 nitrogen and oxygen atoms in total. The van der Waals surface area contributed by atoms with Crippen LogP contribution in [0.4, 0.5) is 0 Å². The first-order chi connectivity index (χ1) is 9.99. The van der Waals surface area contributed by atoms with E-state index in [4.69, 9.17) is 16.3 Å². The molecule has 0 radical (unpaired) electrons. The monoisotopic (exact) mass is 306 g/mol. The number of ether oxygens (including phenoxy) is 1. The van der Waals surface area contributed by atoms with Crippen LogP contribution >= 0.6 is 11.6 Å². The molecule has 0 spiro atoms. The van der Waals surface area contributed by atoms with Crippen LogP contribution < -0.4 is 5.43 Å². The van der Waals surface area contributed by atoms with Gasteiger partial charge in [0.2, 0.25) is 11.6 Å². The normalized spacial score (nSPS) is 26.1. The van der Waals surface area contributed by atoms with Crippen molar-refractivity contribution >= 4 is 23.2 Å². The van der Waals surface area contributed by atoms with E-state index in [1.54, 1.807) is 29.3 Å². The molecule has 3 rings (SSSR count). The fourth-order valence-corrected chi connectivity index (χ4v) is 2.97. The van der Waals surface area contributed by atoms with Crippen LogP contribution in [-0.2, 0) is 4.74 Å². The minimum atomic E-state index is -0.324. The Morgan fingerprint density at radius 3 is 2.43 bits per heavy atom. The maximum atomic E-state index is 12.7. The summed E-state index contributed by atoms with van der Waals surface area (Å²) in [5.74, 6) is -0.570. The molecule has 0 amide bonds. The molecule has 1 saturated heterocycles. The van der Waals surface area contributed by atoms with Crippen LogP contribution in [0.25, 0.3) is 0 Å². The second kappa shape index (κ2) is 5.26. The zero-order chi connectivity index (χ0) is 15.1. The van der Waals surface area contributed by atoms with Gasteiger partial charge in [-0.2, -0.15) is 0 Å². The minimum Gasteiger partial charge on any atom is -0.357 e. The van der Waals surface area contributed by atoms with Crippen LogP contribution in [0.3, 0.4) is 0 Å². The predicted octanol–water partition coefficient (Wildman–Crippen LogP) is 2.09. The average Bonchev–Trinajstić information content (AvgIpc) is 2.44. The van der Waals surface area contributed by atoms with E-state index in [0.29, 0.717) is 17.7 Å². The summed E-state index contributed by atoms with van der Waals surface area (Å²) in [4.78, 5) is 25.0. The Bertz CT molecular complexity index is 646. The van der Waals surface area contributed by atoms with E-state index in [2.05, 4.69) is 5.43 Å². The number of hydrogen-bond donors (Lipinski definition) is 1. The Morgan fingerprint density at radius 2 is 1.81 bits per heavy atom. The number of benzene rings is 1. The summed E-state index contributed by atoms with van der Waals surface area (Å²) in [6.45, 7) is 4.18. The average molecular weight is 307 g/mol. The topological polar surface area (TPSA) is 58.6 Å². The van der Waals surface area contributed by atoms with Gasteiger partial charge in [0.25, 0.3) is 0 Å². The summed E-state index contributed by atoms with van der Waals surface area (Å²) in [5, 5.41) is 1.57. The molecule has 1 aromatic rings. The van der Waals surface area contributed by atoms with Crippen molar-refractivity contribution in [3.8, 4) is 0 Å². The van der Waals surface area contributed by atoms with Crippen LogP contribution in [0, 0.1) is 0 Å². The Balaban J connectivity index is 2.04. The van der Waals surface area contributed by atoms with Crippen molar-refractivity contribution in [1.82, 2.24) is 10.4 Å². The molecule has 0 bridgehead atoms. The standard InChI is InChI=1S/C15H15ClN2O3/c1-8-7-18(17-9(2)21-8)13-12(16)14(19)10-5-3-4-6-11(10)15(13)20/h3-6,8-9,17H,7H2,1-2H3/t8-,9+/m0/s1. The number of hydrogen-bond acceptors (Lipinski definition) is 5. The molecule has 1 heterocycles. The highest BCUT2D eigenvalue weighted by Crippen LogP contribution is 2.30. The van der Waals surface area contributed by atoms with E-state index in [9.17, 15) is 9.59 Å². The predicted molar refractivity (Wildman–Crippen MR) is 77.8 cm³/mol. The van der Waals surface area contributed by atoms with Gasteiger partial charge in [-0.25, -0.2) is 5.43 Å². The Morgan fingerprint density at radius 1 is 1.19 bits per heavy atom. The maximum absolute atomic E-state index is 12.7. The summed E-state index contributed by atoms with van der Waals surface area (Å²) >= 11 is 6.17. The maximum Gasteiger partial charge on any atom is 0.212 e. The number of hydrazine groups is 1. The molecule has 0 saturated carbocycles. The number of nitrogens with one attached hydrogen (secondary N) is 1. The van der Waals surface area contributed by atoms with Crippen molar-refractivity contribution < 1.29 is 14.3 Å². The number of allylic oxidation sites excluding steroid dienone is 2. The molecule has 1 aliphatic heterocycles. The summed E-state index contributed by atoms with van der Waals surface area (Å²) in [6, 6.07) is 6.72. The van der Waals surface area contributed by atoms with Gasteiger partial charge in [-0.3, -0.25) is 14.6 Å². The molecule has 1 fully saturated rings. The molecular weight excluding hydrogens is 292 g/mol. The molecule has 1 aliphatic carbocycles. The molecular formula is C15H15ClN2O3. The lowest BCUT2D eigenvalue weighted by Gasteiger charge is -2.39. The number of fused-ring (bicyclic) bond motifs is 1. The van der Waals surface area contributed by atoms with E-state index in [1.165, 1.54) is 0 Å². The molecule has 2 aliphatic rings. The molecule has 21 heavy (non-hydrogen) atoms. The van der Waals surface area contributed by atoms with E-state index in [-0.39, 0.29) is 34.6 Å². The van der Waals surface area contributed by atoms with Crippen molar-refractivity contribution in [2.24, 2.45) is 0 Å². The van der Waals surface area contributed by atoms with Crippen LogP contribution in [0.1, 0.15) is 34.6 Å². The number of carbonyl (C=O) groups is 2. The molecule has 6 heteroatoms. The Labute approximate surface area is 127 Å². The third kappa shape index (κ3) is 2.37. The smallest absolute Gasteiger partial charge is 0.212 e. The second-order valence-corrected chi connectivity index (χ2v) is 5.57. The first kappa shape index (κ1) is 14.3. The summed E-state index contributed by atoms with van der Waals surface area (Å²) in [6.07, 6.45) is -0.330. The quantitative estimate of drug-likeness (QED) is 0.861. The van der Waals surface area contributed by atoms with Crippen LogP contribution in [-0.4, -0.2) is 35.5 Å². The van der Waals surface area contributed by atoms with Gasteiger partial charge in [0, 0.05) is 11.1 Å². The van der Waals surface area contributed by atoms with E-state index in [0.717, 1.165) is 0 Å². The van der Waals surface area contributed by atoms with Crippen LogP contribution in [0.5, 0.6) is 0 Å². The molecule has 110 valence electrons. The number of nitrogens with zero attached hydrogens (tertiary/aromatic N) is 1. The summed E-state index contributed by atoms with van der Waals surface area (Å²) in [5.41, 5.74) is 3.96. The zero-order valence-corrected chi connectivity index (χ0v) is 12.5. The lowest BCUT2D eigenvalue weighted by Crippen LogP contribution is -2.55. The van der Waals surface area contributed by atoms with E-state index in [1.807, 2.05) is 13.8 Å². The van der Waals surface area contributed by atoms with Crippen molar-refractivity contribution in [2.75, 3.05) is 6.54 Å². The fourth-order valence-electron chi connectivity index (χ4n) is 2.68. The third-order valence-corrected chi connectivity index (χ3v) is 3.87. The zero-order valence-electron chi connectivity index (χ0n) is 11.7. The number of halogens is 1. The lowest BCUT2D eigenvalue weighted by molar-refractivity contribution is -0.103. The van der Waals surface area contributed by atoms with E-state index < -0.39 is 0 Å². The summed E-state index contributed by atoms with van der Waals surface area (Å²) in [7, 11) is 0. The van der Waals surface area contributed by atoms with Gasteiger partial charge in [-0.15, -0.1) is 0 Å². The Kier molecular flexibility index (Phi) is 3.57. The minimum absolute atomic E-state index is 0.0486. The van der Waals surface area contributed by atoms with Gasteiger partial charge < -0.3 is 4.74 Å².